The largest absolute Gasteiger partial charge is 0.445 e. The fraction of sp³-hybridized carbons (Fsp3) is 0.263. The van der Waals surface area contributed by atoms with Crippen molar-refractivity contribution in [2.24, 2.45) is 0 Å². The lowest BCUT2D eigenvalue weighted by Crippen LogP contribution is -2.49. The lowest BCUT2D eigenvalue weighted by Gasteiger charge is -2.33. The van der Waals surface area contributed by atoms with Gasteiger partial charge >= 0.3 is 5.97 Å². The van der Waals surface area contributed by atoms with Crippen LogP contribution in [0.2, 0.25) is 0 Å². The average Bonchev–Trinajstić information content (AvgIpc) is 2.61. The molecule has 0 spiro atoms. The smallest absolute Gasteiger partial charge is 0.339 e. The number of fused-ring (bicyclic) bond motifs is 1. The number of nitro groups is 1. The summed E-state index contributed by atoms with van der Waals surface area (Å²) in [4.78, 5) is 35.6. The van der Waals surface area contributed by atoms with Gasteiger partial charge in [0.05, 0.1) is 10.5 Å². The van der Waals surface area contributed by atoms with Crippen molar-refractivity contribution in [1.82, 2.24) is 0 Å². The van der Waals surface area contributed by atoms with Crippen LogP contribution in [-0.2, 0) is 22.4 Å². The molecule has 26 heavy (non-hydrogen) atoms. The van der Waals surface area contributed by atoms with Gasteiger partial charge < -0.3 is 10.1 Å². The molecule has 0 aliphatic carbocycles. The summed E-state index contributed by atoms with van der Waals surface area (Å²) in [5.41, 5.74) is 0.632. The van der Waals surface area contributed by atoms with Gasteiger partial charge in [-0.1, -0.05) is 31.2 Å². The lowest BCUT2D eigenvalue weighted by atomic mass is 9.88. The number of carbonyl (C=O) groups is 2. The minimum absolute atomic E-state index is 0.0629. The number of nitrogens with zero attached hydrogens (tertiary/aromatic N) is 1. The molecule has 0 radical (unpaired) electrons. The van der Waals surface area contributed by atoms with Crippen molar-refractivity contribution in [3.05, 3.63) is 69.3 Å². The Morgan fingerprint density at radius 3 is 2.73 bits per heavy atom. The molecule has 1 aliphatic rings. The van der Waals surface area contributed by atoms with Crippen molar-refractivity contribution in [3.63, 3.8) is 0 Å². The molecule has 1 unspecified atom stereocenters. The van der Waals surface area contributed by atoms with Gasteiger partial charge in [-0.2, -0.15) is 0 Å². The number of rotatable bonds is 4. The summed E-state index contributed by atoms with van der Waals surface area (Å²) in [5.74, 6) is -1.18. The van der Waals surface area contributed by atoms with Gasteiger partial charge in [0.2, 0.25) is 0 Å². The highest BCUT2D eigenvalue weighted by atomic mass is 16.6. The zero-order valence-corrected chi connectivity index (χ0v) is 14.4. The molecule has 7 heteroatoms. The third-order valence-corrected chi connectivity index (χ3v) is 4.47. The van der Waals surface area contributed by atoms with Crippen molar-refractivity contribution in [2.45, 2.75) is 32.3 Å². The first-order valence-electron chi connectivity index (χ1n) is 8.24. The van der Waals surface area contributed by atoms with Gasteiger partial charge in [-0.15, -0.1) is 0 Å². The number of hydrogen-bond acceptors (Lipinski definition) is 5. The Bertz CT molecular complexity index is 909. The number of nitro benzene ring substituents is 1. The quantitative estimate of drug-likeness (QED) is 0.516. The Balaban J connectivity index is 1.90. The minimum atomic E-state index is -1.44. The Labute approximate surface area is 150 Å². The van der Waals surface area contributed by atoms with Crippen molar-refractivity contribution in [1.29, 1.82) is 0 Å². The molecule has 0 fully saturated rings. The van der Waals surface area contributed by atoms with Gasteiger partial charge in [0, 0.05) is 12.5 Å². The first-order valence-corrected chi connectivity index (χ1v) is 8.24. The molecule has 7 nitrogen and oxygen atoms in total. The van der Waals surface area contributed by atoms with E-state index in [1.54, 1.807) is 12.1 Å². The van der Waals surface area contributed by atoms with Gasteiger partial charge in [0.25, 0.3) is 11.6 Å². The molecular formula is C19H18N2O5. The molecule has 2 aromatic rings. The number of para-hydroxylation sites is 2. The molecule has 0 aromatic heterocycles. The fourth-order valence-corrected chi connectivity index (χ4v) is 2.99. The number of ether oxygens (including phenoxy) is 1. The second-order valence-corrected chi connectivity index (χ2v) is 6.37. The summed E-state index contributed by atoms with van der Waals surface area (Å²) < 4.78 is 5.39. The molecule has 1 N–H and O–H groups in total. The van der Waals surface area contributed by atoms with Gasteiger partial charge in [-0.25, -0.2) is 4.79 Å². The Morgan fingerprint density at radius 2 is 2.04 bits per heavy atom. The van der Waals surface area contributed by atoms with Crippen LogP contribution in [0, 0.1) is 10.1 Å². The van der Waals surface area contributed by atoms with Crippen LogP contribution in [-0.4, -0.2) is 22.4 Å². The number of benzene rings is 2. The van der Waals surface area contributed by atoms with E-state index in [2.05, 4.69) is 5.32 Å². The molecule has 1 atom stereocenters. The number of anilines is 1. The highest BCUT2D eigenvalue weighted by Crippen LogP contribution is 2.31. The van der Waals surface area contributed by atoms with Crippen LogP contribution in [0.4, 0.5) is 11.4 Å². The van der Waals surface area contributed by atoms with Crippen LogP contribution < -0.4 is 5.32 Å². The summed E-state index contributed by atoms with van der Waals surface area (Å²) in [6.07, 6.45) is 1.01. The summed E-state index contributed by atoms with van der Waals surface area (Å²) in [6, 6.07) is 11.3. The van der Waals surface area contributed by atoms with E-state index in [-0.39, 0.29) is 17.8 Å². The average molecular weight is 354 g/mol. The van der Waals surface area contributed by atoms with Crippen LogP contribution >= 0.6 is 0 Å². The third-order valence-electron chi connectivity index (χ3n) is 4.47. The third kappa shape index (κ3) is 3.15. The van der Waals surface area contributed by atoms with E-state index in [0.29, 0.717) is 5.56 Å². The number of nitrogens with one attached hydrogen (secondary N) is 1. The topological polar surface area (TPSA) is 98.5 Å². The molecule has 0 bridgehead atoms. The number of hydrogen-bond donors (Lipinski definition) is 1. The van der Waals surface area contributed by atoms with Gasteiger partial charge in [-0.3, -0.25) is 14.9 Å². The number of esters is 1. The Morgan fingerprint density at radius 1 is 1.31 bits per heavy atom. The summed E-state index contributed by atoms with van der Waals surface area (Å²) in [5, 5.41) is 13.6. The van der Waals surface area contributed by atoms with Gasteiger partial charge in [0.15, 0.2) is 5.60 Å². The van der Waals surface area contributed by atoms with Crippen LogP contribution in [0.5, 0.6) is 0 Å². The molecular weight excluding hydrogens is 336 g/mol. The first-order chi connectivity index (χ1) is 12.3. The minimum Gasteiger partial charge on any atom is -0.445 e. The van der Waals surface area contributed by atoms with E-state index in [9.17, 15) is 19.7 Å². The van der Waals surface area contributed by atoms with Crippen molar-refractivity contribution in [3.8, 4) is 0 Å². The van der Waals surface area contributed by atoms with E-state index < -0.39 is 22.4 Å². The maximum absolute atomic E-state index is 12.8. The lowest BCUT2D eigenvalue weighted by molar-refractivity contribution is -0.383. The predicted molar refractivity (Wildman–Crippen MR) is 95.1 cm³/mol. The maximum atomic E-state index is 12.8. The van der Waals surface area contributed by atoms with Crippen molar-refractivity contribution in [2.75, 3.05) is 5.32 Å². The molecule has 2 aromatic carbocycles. The fourth-order valence-electron chi connectivity index (χ4n) is 2.99. The standard InChI is InChI=1S/C19H18N2O5/c1-3-12-8-9-14-13(10-12)11-19(2,26-17(14)22)18(23)20-15-6-4-5-7-16(15)21(24)25/h4-10H,3,11H2,1-2H3,(H,20,23). The first kappa shape index (κ1) is 17.6. The van der Waals surface area contributed by atoms with Gasteiger partial charge in [-0.05, 0) is 36.6 Å². The monoisotopic (exact) mass is 354 g/mol. The predicted octanol–water partition coefficient (Wildman–Crippen LogP) is 3.27. The molecule has 0 saturated heterocycles. The Hall–Kier alpha value is -3.22. The molecule has 1 amide bonds. The number of aryl methyl sites for hydroxylation is 1. The Kier molecular flexibility index (Phi) is 4.46. The summed E-state index contributed by atoms with van der Waals surface area (Å²) in [7, 11) is 0. The molecule has 1 aliphatic heterocycles. The molecule has 0 saturated carbocycles. The highest BCUT2D eigenvalue weighted by Gasteiger charge is 2.43. The summed E-state index contributed by atoms with van der Waals surface area (Å²) >= 11 is 0. The molecule has 1 heterocycles. The second kappa shape index (κ2) is 6.59. The highest BCUT2D eigenvalue weighted by molar-refractivity contribution is 6.03. The maximum Gasteiger partial charge on any atom is 0.339 e. The molecule has 3 rings (SSSR count). The SMILES string of the molecule is CCc1ccc2c(c1)CC(C)(C(=O)Nc1ccccc1[N+](=O)[O-])OC2=O. The second-order valence-electron chi connectivity index (χ2n) is 6.37. The normalized spacial score (nSPS) is 18.6. The van der Waals surface area contributed by atoms with Crippen LogP contribution in [0.1, 0.15) is 35.3 Å². The number of cyclic esters (lactones) is 1. The van der Waals surface area contributed by atoms with E-state index in [4.69, 9.17) is 4.74 Å². The summed E-state index contributed by atoms with van der Waals surface area (Å²) in [6.45, 7) is 3.51. The number of carbonyl (C=O) groups excluding carboxylic acids is 2. The van der Waals surface area contributed by atoms with Gasteiger partial charge in [0.1, 0.15) is 5.69 Å². The van der Waals surface area contributed by atoms with E-state index >= 15 is 0 Å². The van der Waals surface area contributed by atoms with E-state index in [0.717, 1.165) is 17.5 Å². The van der Waals surface area contributed by atoms with Crippen molar-refractivity contribution >= 4 is 23.3 Å². The molecule has 134 valence electrons. The zero-order chi connectivity index (χ0) is 18.9. The van der Waals surface area contributed by atoms with E-state index in [1.807, 2.05) is 19.1 Å². The van der Waals surface area contributed by atoms with Crippen molar-refractivity contribution < 1.29 is 19.2 Å². The zero-order valence-electron chi connectivity index (χ0n) is 14.4. The van der Waals surface area contributed by atoms with Crippen LogP contribution in [0.15, 0.2) is 42.5 Å². The van der Waals surface area contributed by atoms with Crippen LogP contribution in [0.25, 0.3) is 0 Å². The number of amides is 1. The van der Waals surface area contributed by atoms with E-state index in [1.165, 1.54) is 25.1 Å². The van der Waals surface area contributed by atoms with Crippen LogP contribution in [0.3, 0.4) is 0 Å².